The van der Waals surface area contributed by atoms with Crippen LogP contribution in [0.1, 0.15) is 12.8 Å². The Hall–Kier alpha value is -0.883. The lowest BCUT2D eigenvalue weighted by Gasteiger charge is -2.27. The van der Waals surface area contributed by atoms with Crippen LogP contribution in [0, 0.1) is 5.92 Å². The minimum absolute atomic E-state index is 0.194. The van der Waals surface area contributed by atoms with Gasteiger partial charge in [0.15, 0.2) is 0 Å². The van der Waals surface area contributed by atoms with Gasteiger partial charge < -0.3 is 14.8 Å². The van der Waals surface area contributed by atoms with Crippen LogP contribution in [0.3, 0.4) is 0 Å². The van der Waals surface area contributed by atoms with Gasteiger partial charge in [0.05, 0.1) is 19.6 Å². The van der Waals surface area contributed by atoms with E-state index in [1.165, 1.54) is 7.11 Å². The van der Waals surface area contributed by atoms with Gasteiger partial charge in [-0.2, -0.15) is 0 Å². The van der Waals surface area contributed by atoms with E-state index in [1.807, 2.05) is 0 Å². The molecule has 0 saturated carbocycles. The van der Waals surface area contributed by atoms with Gasteiger partial charge in [-0.3, -0.25) is 9.59 Å². The van der Waals surface area contributed by atoms with E-state index in [1.54, 1.807) is 0 Å². The lowest BCUT2D eigenvalue weighted by Crippen LogP contribution is -2.46. The van der Waals surface area contributed by atoms with Crippen molar-refractivity contribution in [2.45, 2.75) is 44.6 Å². The maximum absolute atomic E-state index is 11.9. The number of hydrogen-bond donors (Lipinski definition) is 1. The maximum Gasteiger partial charge on any atom is 0.323 e. The molecule has 1 rings (SSSR count). The lowest BCUT2D eigenvalue weighted by atomic mass is 9.92. The number of ether oxygens (including phenoxy) is 2. The molecule has 19 heavy (non-hydrogen) atoms. The molecule has 2 atom stereocenters. The molecule has 0 amide bonds. The second-order valence-electron chi connectivity index (χ2n) is 6.23. The van der Waals surface area contributed by atoms with Crippen molar-refractivity contribution in [2.75, 3.05) is 20.3 Å². The second-order valence-corrected chi connectivity index (χ2v) is 11.9. The van der Waals surface area contributed by atoms with Crippen LogP contribution in [0.25, 0.3) is 0 Å². The molecule has 0 aromatic carbocycles. The molecule has 0 aromatic rings. The summed E-state index contributed by atoms with van der Waals surface area (Å²) in [6.45, 7) is 7.86. The first-order valence-electron chi connectivity index (χ1n) is 6.81. The highest BCUT2D eigenvalue weighted by molar-refractivity contribution is 6.76. The lowest BCUT2D eigenvalue weighted by molar-refractivity contribution is -0.150. The first-order chi connectivity index (χ1) is 8.83. The zero-order chi connectivity index (χ0) is 14.5. The second kappa shape index (κ2) is 7.05. The molecule has 1 heterocycles. The molecule has 0 bridgehead atoms. The van der Waals surface area contributed by atoms with Crippen LogP contribution in [0.2, 0.25) is 25.7 Å². The molecule has 1 fully saturated rings. The number of carbonyl (C=O) groups is 2. The van der Waals surface area contributed by atoms with Crippen LogP contribution < -0.4 is 5.32 Å². The SMILES string of the molecule is COC(=O)[C@@H]1CCN[C@H](C(=O)OCC[Si](C)(C)C)C1. The number of rotatable bonds is 5. The van der Waals surface area contributed by atoms with Crippen molar-refractivity contribution < 1.29 is 19.1 Å². The van der Waals surface area contributed by atoms with E-state index in [9.17, 15) is 9.59 Å². The molecule has 0 radical (unpaired) electrons. The predicted molar refractivity (Wildman–Crippen MR) is 75.6 cm³/mol. The van der Waals surface area contributed by atoms with Crippen molar-refractivity contribution >= 4 is 20.0 Å². The molecular formula is C13H25NO4Si. The van der Waals surface area contributed by atoms with Crippen molar-refractivity contribution in [1.29, 1.82) is 0 Å². The largest absolute Gasteiger partial charge is 0.469 e. The topological polar surface area (TPSA) is 64.6 Å². The summed E-state index contributed by atoms with van der Waals surface area (Å²) in [6, 6.07) is 0.589. The van der Waals surface area contributed by atoms with Crippen LogP contribution in [0.15, 0.2) is 0 Å². The van der Waals surface area contributed by atoms with Gasteiger partial charge in [-0.1, -0.05) is 19.6 Å². The van der Waals surface area contributed by atoms with Crippen LogP contribution in [-0.2, 0) is 19.1 Å². The van der Waals surface area contributed by atoms with E-state index >= 15 is 0 Å². The highest BCUT2D eigenvalue weighted by Crippen LogP contribution is 2.18. The quantitative estimate of drug-likeness (QED) is 0.612. The van der Waals surface area contributed by atoms with Crippen LogP contribution in [0.5, 0.6) is 0 Å². The fourth-order valence-corrected chi connectivity index (χ4v) is 2.75. The number of esters is 2. The van der Waals surface area contributed by atoms with Crippen molar-refractivity contribution in [3.8, 4) is 0 Å². The van der Waals surface area contributed by atoms with Gasteiger partial charge in [0.1, 0.15) is 6.04 Å². The Kier molecular flexibility index (Phi) is 6.00. The minimum atomic E-state index is -1.18. The Morgan fingerprint density at radius 3 is 2.53 bits per heavy atom. The smallest absolute Gasteiger partial charge is 0.323 e. The first kappa shape index (κ1) is 16.2. The van der Waals surface area contributed by atoms with Gasteiger partial charge in [0, 0.05) is 8.07 Å². The maximum atomic E-state index is 11.9. The summed E-state index contributed by atoms with van der Waals surface area (Å²) in [5.74, 6) is -0.672. The number of nitrogens with one attached hydrogen (secondary N) is 1. The Balaban J connectivity index is 2.38. The fraction of sp³-hybridized carbons (Fsp3) is 0.846. The minimum Gasteiger partial charge on any atom is -0.469 e. The third kappa shape index (κ3) is 5.73. The molecule has 1 saturated heterocycles. The zero-order valence-electron chi connectivity index (χ0n) is 12.3. The van der Waals surface area contributed by atoms with Crippen molar-refractivity contribution in [3.63, 3.8) is 0 Å². The van der Waals surface area contributed by atoms with E-state index in [4.69, 9.17) is 9.47 Å². The van der Waals surface area contributed by atoms with Gasteiger partial charge in [0.25, 0.3) is 0 Å². The van der Waals surface area contributed by atoms with E-state index in [2.05, 4.69) is 25.0 Å². The molecule has 0 aromatic heterocycles. The van der Waals surface area contributed by atoms with Gasteiger partial charge >= 0.3 is 11.9 Å². The van der Waals surface area contributed by atoms with Crippen LogP contribution in [0.4, 0.5) is 0 Å². The van der Waals surface area contributed by atoms with Crippen LogP contribution in [-0.4, -0.2) is 46.3 Å². The fourth-order valence-electron chi connectivity index (χ4n) is 2.04. The molecule has 110 valence electrons. The Labute approximate surface area is 116 Å². The van der Waals surface area contributed by atoms with Crippen molar-refractivity contribution in [1.82, 2.24) is 5.32 Å². The molecule has 0 aliphatic carbocycles. The van der Waals surface area contributed by atoms with Crippen molar-refractivity contribution in [3.05, 3.63) is 0 Å². The van der Waals surface area contributed by atoms with E-state index in [-0.39, 0.29) is 23.9 Å². The summed E-state index contributed by atoms with van der Waals surface area (Å²) in [5, 5.41) is 3.10. The van der Waals surface area contributed by atoms with Crippen LogP contribution >= 0.6 is 0 Å². The Morgan fingerprint density at radius 1 is 1.26 bits per heavy atom. The highest BCUT2D eigenvalue weighted by Gasteiger charge is 2.32. The monoisotopic (exact) mass is 287 g/mol. The molecule has 1 aliphatic heterocycles. The van der Waals surface area contributed by atoms with Gasteiger partial charge in [-0.05, 0) is 25.4 Å². The number of hydrogen-bond acceptors (Lipinski definition) is 5. The summed E-state index contributed by atoms with van der Waals surface area (Å²) in [4.78, 5) is 23.4. The van der Waals surface area contributed by atoms with Gasteiger partial charge in [0.2, 0.25) is 0 Å². The van der Waals surface area contributed by atoms with E-state index < -0.39 is 8.07 Å². The highest BCUT2D eigenvalue weighted by atomic mass is 28.3. The zero-order valence-corrected chi connectivity index (χ0v) is 13.3. The number of piperidine rings is 1. The molecule has 1 aliphatic rings. The van der Waals surface area contributed by atoms with E-state index in [0.29, 0.717) is 26.0 Å². The standard InChI is InChI=1S/C13H25NO4Si/c1-17-12(15)10-5-6-14-11(9-10)13(16)18-7-8-19(2,3)4/h10-11,14H,5-9H2,1-4H3/t10-,11+/m1/s1. The van der Waals surface area contributed by atoms with Gasteiger partial charge in [-0.25, -0.2) is 0 Å². The summed E-state index contributed by atoms with van der Waals surface area (Å²) >= 11 is 0. The third-order valence-electron chi connectivity index (χ3n) is 3.32. The Bertz CT molecular complexity index is 327. The molecular weight excluding hydrogens is 262 g/mol. The number of carbonyl (C=O) groups excluding carboxylic acids is 2. The predicted octanol–water partition coefficient (Wildman–Crippen LogP) is 1.41. The van der Waals surface area contributed by atoms with E-state index in [0.717, 1.165) is 6.04 Å². The normalized spacial score (nSPS) is 23.8. The molecule has 6 heteroatoms. The molecule has 5 nitrogen and oxygen atoms in total. The molecule has 0 unspecified atom stereocenters. The van der Waals surface area contributed by atoms with Crippen molar-refractivity contribution in [2.24, 2.45) is 5.92 Å². The number of methoxy groups -OCH3 is 1. The Morgan fingerprint density at radius 2 is 1.95 bits per heavy atom. The third-order valence-corrected chi connectivity index (χ3v) is 5.02. The molecule has 1 N–H and O–H groups in total. The summed E-state index contributed by atoms with van der Waals surface area (Å²) in [5.41, 5.74) is 0. The average molecular weight is 287 g/mol. The molecule has 0 spiro atoms. The summed E-state index contributed by atoms with van der Waals surface area (Å²) in [6.07, 6.45) is 1.18. The first-order valence-corrected chi connectivity index (χ1v) is 10.5. The van der Waals surface area contributed by atoms with Gasteiger partial charge in [-0.15, -0.1) is 0 Å². The average Bonchev–Trinajstić information content (AvgIpc) is 2.36. The summed E-state index contributed by atoms with van der Waals surface area (Å²) < 4.78 is 10.0. The summed E-state index contributed by atoms with van der Waals surface area (Å²) in [7, 11) is 0.198.